The molecule has 0 fully saturated rings. The van der Waals surface area contributed by atoms with Crippen molar-refractivity contribution in [2.45, 2.75) is 18.8 Å². The van der Waals surface area contributed by atoms with Crippen LogP contribution in [-0.4, -0.2) is 14.2 Å². The van der Waals surface area contributed by atoms with Crippen LogP contribution in [-0.2, 0) is 37.4 Å². The maximum atomic E-state index is 5.65. The Kier molecular flexibility index (Phi) is 5.54. The van der Waals surface area contributed by atoms with Crippen molar-refractivity contribution in [2.75, 3.05) is 14.2 Å². The second-order valence-electron chi connectivity index (χ2n) is 6.25. The van der Waals surface area contributed by atoms with E-state index in [-0.39, 0.29) is 26.2 Å². The summed E-state index contributed by atoms with van der Waals surface area (Å²) in [6.07, 6.45) is 4.15. The van der Waals surface area contributed by atoms with Gasteiger partial charge in [0.05, 0.1) is 14.2 Å². The summed E-state index contributed by atoms with van der Waals surface area (Å²) in [4.78, 5) is 0. The summed E-state index contributed by atoms with van der Waals surface area (Å²) in [5.41, 5.74) is 3.94. The van der Waals surface area contributed by atoms with Crippen molar-refractivity contribution in [3.8, 4) is 5.75 Å². The van der Waals surface area contributed by atoms with Gasteiger partial charge in [-0.15, -0.1) is 35.0 Å². The number of benzene rings is 2. The Bertz CT molecular complexity index is 907. The van der Waals surface area contributed by atoms with Gasteiger partial charge in [-0.25, -0.2) is 0 Å². The Morgan fingerprint density at radius 3 is 2.52 bits per heavy atom. The Hall–Kier alpha value is -1.73. The van der Waals surface area contributed by atoms with E-state index in [1.807, 2.05) is 0 Å². The molecular formula is C22H21O2Zr-. The fraction of sp³-hybridized carbons (Fsp3) is 0.227. The standard InChI is InChI=1S/C22H21O2.Zr/c1-23-21-13-15-7-3-5-9-17(15)19(21)11-12-20-18-10-6-4-8-16(18)14-22(20)24-2;/h3-10,13-14,19H,11-12H2,1-2H3;/q-1;. The first-order valence-corrected chi connectivity index (χ1v) is 8.37. The average Bonchev–Trinajstić information content (AvgIpc) is 3.17. The molecule has 3 aromatic carbocycles. The second-order valence-corrected chi connectivity index (χ2v) is 6.25. The zero-order valence-electron chi connectivity index (χ0n) is 14.6. The van der Waals surface area contributed by atoms with Crippen molar-refractivity contribution in [1.29, 1.82) is 0 Å². The van der Waals surface area contributed by atoms with Crippen LogP contribution in [0.5, 0.6) is 5.75 Å². The van der Waals surface area contributed by atoms with E-state index in [1.165, 1.54) is 27.5 Å². The summed E-state index contributed by atoms with van der Waals surface area (Å²) in [5, 5.41) is 2.54. The van der Waals surface area contributed by atoms with Gasteiger partial charge >= 0.3 is 0 Å². The first kappa shape index (κ1) is 18.1. The normalized spacial score (nSPS) is 15.4. The van der Waals surface area contributed by atoms with Crippen molar-refractivity contribution >= 4 is 16.8 Å². The summed E-state index contributed by atoms with van der Waals surface area (Å²) in [7, 11) is 3.52. The molecule has 0 amide bonds. The van der Waals surface area contributed by atoms with Gasteiger partial charge in [-0.05, 0) is 23.6 Å². The molecule has 4 rings (SSSR count). The number of ether oxygens (including phenoxy) is 2. The minimum atomic E-state index is 0. The van der Waals surface area contributed by atoms with Crippen molar-refractivity contribution < 1.29 is 35.7 Å². The van der Waals surface area contributed by atoms with Gasteiger partial charge in [0, 0.05) is 37.9 Å². The second kappa shape index (κ2) is 7.66. The van der Waals surface area contributed by atoms with Crippen molar-refractivity contribution in [2.24, 2.45) is 0 Å². The molecule has 3 heteroatoms. The van der Waals surface area contributed by atoms with Gasteiger partial charge in [0.25, 0.3) is 0 Å². The van der Waals surface area contributed by atoms with Crippen molar-refractivity contribution in [1.82, 2.24) is 0 Å². The summed E-state index contributed by atoms with van der Waals surface area (Å²) < 4.78 is 11.3. The van der Waals surface area contributed by atoms with Crippen LogP contribution in [0.25, 0.3) is 16.8 Å². The van der Waals surface area contributed by atoms with Gasteiger partial charge in [0.1, 0.15) is 5.76 Å². The van der Waals surface area contributed by atoms with Gasteiger partial charge < -0.3 is 9.47 Å². The van der Waals surface area contributed by atoms with E-state index in [9.17, 15) is 0 Å². The van der Waals surface area contributed by atoms with E-state index in [4.69, 9.17) is 9.47 Å². The van der Waals surface area contributed by atoms with Gasteiger partial charge in [-0.1, -0.05) is 42.3 Å². The predicted octanol–water partition coefficient (Wildman–Crippen LogP) is 5.28. The smallest absolute Gasteiger partial charge is 0.104 e. The third-order valence-corrected chi connectivity index (χ3v) is 5.02. The zero-order valence-corrected chi connectivity index (χ0v) is 17.0. The van der Waals surface area contributed by atoms with E-state index in [2.05, 4.69) is 60.7 Å². The molecule has 0 N–H and O–H groups in total. The molecule has 0 spiro atoms. The molecule has 1 atom stereocenters. The Balaban J connectivity index is 0.00000182. The Morgan fingerprint density at radius 1 is 0.960 bits per heavy atom. The molecule has 0 saturated carbocycles. The van der Waals surface area contributed by atoms with Gasteiger partial charge in [-0.3, -0.25) is 0 Å². The molecule has 3 aromatic rings. The summed E-state index contributed by atoms with van der Waals surface area (Å²) in [6, 6.07) is 19.2. The van der Waals surface area contributed by atoms with Crippen LogP contribution in [0.2, 0.25) is 0 Å². The first-order chi connectivity index (χ1) is 11.8. The molecule has 1 aliphatic carbocycles. The molecule has 0 aromatic heterocycles. The fourth-order valence-electron chi connectivity index (χ4n) is 3.85. The number of hydrogen-bond donors (Lipinski definition) is 0. The zero-order chi connectivity index (χ0) is 16.5. The van der Waals surface area contributed by atoms with Crippen LogP contribution < -0.4 is 4.74 Å². The molecule has 1 aliphatic rings. The summed E-state index contributed by atoms with van der Waals surface area (Å²) in [6.45, 7) is 0. The molecule has 0 bridgehead atoms. The molecule has 0 saturated heterocycles. The largest absolute Gasteiger partial charge is 0.517 e. The maximum absolute atomic E-state index is 5.65. The van der Waals surface area contributed by atoms with Crippen molar-refractivity contribution in [3.05, 3.63) is 77.0 Å². The molecule has 0 heterocycles. The summed E-state index contributed by atoms with van der Waals surface area (Å²) >= 11 is 0. The molecule has 1 unspecified atom stereocenters. The predicted molar refractivity (Wildman–Crippen MR) is 98.6 cm³/mol. The monoisotopic (exact) mass is 407 g/mol. The minimum Gasteiger partial charge on any atom is -0.517 e. The van der Waals surface area contributed by atoms with Crippen LogP contribution in [0.3, 0.4) is 0 Å². The number of aryl methyl sites for hydroxylation is 1. The van der Waals surface area contributed by atoms with Gasteiger partial charge in [0.15, 0.2) is 0 Å². The van der Waals surface area contributed by atoms with Gasteiger partial charge in [-0.2, -0.15) is 0 Å². The van der Waals surface area contributed by atoms with Gasteiger partial charge in [0.2, 0.25) is 0 Å². The van der Waals surface area contributed by atoms with Crippen LogP contribution in [0, 0.1) is 0 Å². The van der Waals surface area contributed by atoms with E-state index >= 15 is 0 Å². The molecule has 2 nitrogen and oxygen atoms in total. The number of methoxy groups -OCH3 is 2. The SMILES string of the molecule is COC1=Cc2ccccc2C1CC[c-]1c(OC)cc2ccccc21.[Zr]. The first-order valence-electron chi connectivity index (χ1n) is 8.37. The quantitative estimate of drug-likeness (QED) is 0.535. The topological polar surface area (TPSA) is 18.5 Å². The number of hydrogen-bond acceptors (Lipinski definition) is 2. The minimum absolute atomic E-state index is 0. The Morgan fingerprint density at radius 2 is 1.72 bits per heavy atom. The number of rotatable bonds is 5. The molecule has 126 valence electrons. The third kappa shape index (κ3) is 3.23. The van der Waals surface area contributed by atoms with E-state index in [1.54, 1.807) is 14.2 Å². The number of fused-ring (bicyclic) bond motifs is 2. The van der Waals surface area contributed by atoms with Crippen LogP contribution >= 0.6 is 0 Å². The van der Waals surface area contributed by atoms with Crippen LogP contribution in [0.15, 0.2) is 60.4 Å². The van der Waals surface area contributed by atoms with E-state index in [0.29, 0.717) is 5.92 Å². The maximum Gasteiger partial charge on any atom is 0.104 e. The Labute approximate surface area is 167 Å². The average molecular weight is 409 g/mol. The summed E-state index contributed by atoms with van der Waals surface area (Å²) in [5.74, 6) is 2.38. The molecule has 0 radical (unpaired) electrons. The van der Waals surface area contributed by atoms with E-state index in [0.717, 1.165) is 24.4 Å². The molecule has 0 aliphatic heterocycles. The van der Waals surface area contributed by atoms with Crippen molar-refractivity contribution in [3.63, 3.8) is 0 Å². The molecular weight excluding hydrogens is 387 g/mol. The van der Waals surface area contributed by atoms with E-state index < -0.39 is 0 Å². The van der Waals surface area contributed by atoms with Crippen LogP contribution in [0.1, 0.15) is 29.0 Å². The third-order valence-electron chi connectivity index (χ3n) is 5.02. The molecule has 25 heavy (non-hydrogen) atoms. The number of allylic oxidation sites excluding steroid dienone is 1. The van der Waals surface area contributed by atoms with Crippen LogP contribution in [0.4, 0.5) is 0 Å². The fourth-order valence-corrected chi connectivity index (χ4v) is 3.85.